The maximum Gasteiger partial charge on any atom is 0.167 e. The van der Waals surface area contributed by atoms with E-state index in [1.807, 2.05) is 17.5 Å². The Balaban J connectivity index is 1.71. The van der Waals surface area contributed by atoms with Crippen LogP contribution in [-0.2, 0) is 0 Å². The summed E-state index contributed by atoms with van der Waals surface area (Å²) in [6.07, 6.45) is 3.39. The van der Waals surface area contributed by atoms with Crippen molar-refractivity contribution in [3.8, 4) is 10.4 Å². The quantitative estimate of drug-likeness (QED) is 0.402. The van der Waals surface area contributed by atoms with E-state index in [4.69, 9.17) is 0 Å². The van der Waals surface area contributed by atoms with Crippen molar-refractivity contribution in [3.05, 3.63) is 51.1 Å². The predicted octanol–water partition coefficient (Wildman–Crippen LogP) is 5.24. The Kier molecular flexibility index (Phi) is 3.90. The molecule has 4 aromatic heterocycles. The molecule has 114 valence electrons. The molecule has 0 aliphatic carbocycles. The summed E-state index contributed by atoms with van der Waals surface area (Å²) in [4.78, 5) is 11.1. The number of aryl methyl sites for hydroxylation is 1. The molecule has 0 unspecified atom stereocenters. The highest BCUT2D eigenvalue weighted by Crippen LogP contribution is 2.40. The van der Waals surface area contributed by atoms with Crippen LogP contribution in [0.3, 0.4) is 0 Å². The summed E-state index contributed by atoms with van der Waals surface area (Å²) in [6.45, 7) is 2.11. The number of hydrogen-bond acceptors (Lipinski definition) is 7. The molecule has 23 heavy (non-hydrogen) atoms. The molecule has 1 N–H and O–H groups in total. The lowest BCUT2D eigenvalue weighted by Crippen LogP contribution is -1.93. The van der Waals surface area contributed by atoms with Gasteiger partial charge in [-0.15, -0.1) is 22.7 Å². The number of thiophene rings is 3. The molecule has 0 aliphatic heterocycles. The number of anilines is 1. The van der Waals surface area contributed by atoms with Crippen LogP contribution in [0.5, 0.6) is 0 Å². The minimum Gasteiger partial charge on any atom is -0.260 e. The van der Waals surface area contributed by atoms with Crippen molar-refractivity contribution in [2.24, 2.45) is 5.10 Å². The molecule has 4 nitrogen and oxygen atoms in total. The highest BCUT2D eigenvalue weighted by atomic mass is 32.1. The van der Waals surface area contributed by atoms with Crippen LogP contribution in [-0.4, -0.2) is 16.2 Å². The van der Waals surface area contributed by atoms with Gasteiger partial charge in [-0.25, -0.2) is 9.97 Å². The van der Waals surface area contributed by atoms with E-state index in [0.717, 1.165) is 20.9 Å². The van der Waals surface area contributed by atoms with Gasteiger partial charge in [0.1, 0.15) is 6.33 Å². The number of aromatic nitrogens is 2. The zero-order valence-electron chi connectivity index (χ0n) is 12.2. The summed E-state index contributed by atoms with van der Waals surface area (Å²) < 4.78 is 1.04. The fourth-order valence-corrected chi connectivity index (χ4v) is 4.80. The highest BCUT2D eigenvalue weighted by Gasteiger charge is 2.15. The molecule has 0 radical (unpaired) electrons. The fourth-order valence-electron chi connectivity index (χ4n) is 2.29. The van der Waals surface area contributed by atoms with Gasteiger partial charge in [0.15, 0.2) is 5.82 Å². The van der Waals surface area contributed by atoms with E-state index in [-0.39, 0.29) is 0 Å². The molecule has 0 atom stereocenters. The SMILES string of the molecule is Cc1c(-c2ccsc2)sc2c(NN=Cc3cccs3)ncnc12. The molecule has 0 bridgehead atoms. The summed E-state index contributed by atoms with van der Waals surface area (Å²) in [5, 5.41) is 10.6. The van der Waals surface area contributed by atoms with Crippen LogP contribution < -0.4 is 5.43 Å². The van der Waals surface area contributed by atoms with E-state index in [1.54, 1.807) is 46.6 Å². The molecular weight excluding hydrogens is 344 g/mol. The number of fused-ring (bicyclic) bond motifs is 1. The summed E-state index contributed by atoms with van der Waals surface area (Å²) in [5.41, 5.74) is 6.47. The maximum absolute atomic E-state index is 4.44. The van der Waals surface area contributed by atoms with Gasteiger partial charge in [0, 0.05) is 15.3 Å². The molecule has 4 aromatic rings. The molecule has 7 heteroatoms. The minimum absolute atomic E-state index is 0.748. The fraction of sp³-hybridized carbons (Fsp3) is 0.0625. The molecule has 0 amide bonds. The molecule has 0 fully saturated rings. The molecule has 0 aromatic carbocycles. The summed E-state index contributed by atoms with van der Waals surface area (Å²) in [7, 11) is 0. The number of nitrogens with one attached hydrogen (secondary N) is 1. The van der Waals surface area contributed by atoms with Gasteiger partial charge in [0.2, 0.25) is 0 Å². The lowest BCUT2D eigenvalue weighted by atomic mass is 10.2. The Morgan fingerprint density at radius 1 is 1.22 bits per heavy atom. The highest BCUT2D eigenvalue weighted by molar-refractivity contribution is 7.23. The average molecular weight is 357 g/mol. The number of hydrogen-bond donors (Lipinski definition) is 1. The molecule has 0 saturated heterocycles. The number of rotatable bonds is 4. The van der Waals surface area contributed by atoms with Gasteiger partial charge < -0.3 is 0 Å². The first-order chi connectivity index (χ1) is 11.3. The summed E-state index contributed by atoms with van der Waals surface area (Å²) in [6, 6.07) is 6.16. The van der Waals surface area contributed by atoms with E-state index in [0.29, 0.717) is 0 Å². The van der Waals surface area contributed by atoms with Crippen LogP contribution in [0.2, 0.25) is 0 Å². The lowest BCUT2D eigenvalue weighted by molar-refractivity contribution is 1.18. The van der Waals surface area contributed by atoms with Crippen LogP contribution >= 0.6 is 34.0 Å². The van der Waals surface area contributed by atoms with Crippen molar-refractivity contribution in [3.63, 3.8) is 0 Å². The van der Waals surface area contributed by atoms with Gasteiger partial charge in [-0.1, -0.05) is 6.07 Å². The van der Waals surface area contributed by atoms with Gasteiger partial charge in [-0.3, -0.25) is 5.43 Å². The Hall–Kier alpha value is -2.09. The third-order valence-corrected chi connectivity index (χ3v) is 6.22. The molecule has 4 rings (SSSR count). The Morgan fingerprint density at radius 2 is 2.17 bits per heavy atom. The van der Waals surface area contributed by atoms with Crippen molar-refractivity contribution in [2.45, 2.75) is 6.92 Å². The van der Waals surface area contributed by atoms with E-state index >= 15 is 0 Å². The van der Waals surface area contributed by atoms with Gasteiger partial charge in [0.05, 0.1) is 16.4 Å². The van der Waals surface area contributed by atoms with Crippen LogP contribution in [0.1, 0.15) is 10.4 Å². The number of hydrazone groups is 1. The second-order valence-electron chi connectivity index (χ2n) is 4.85. The smallest absolute Gasteiger partial charge is 0.167 e. The van der Waals surface area contributed by atoms with Crippen molar-refractivity contribution in [1.29, 1.82) is 0 Å². The zero-order valence-corrected chi connectivity index (χ0v) is 14.6. The normalized spacial score (nSPS) is 11.5. The zero-order chi connectivity index (χ0) is 15.6. The minimum atomic E-state index is 0.748. The van der Waals surface area contributed by atoms with E-state index in [2.05, 4.69) is 44.2 Å². The summed E-state index contributed by atoms with van der Waals surface area (Å²) >= 11 is 5.05. The van der Waals surface area contributed by atoms with Gasteiger partial charge in [-0.05, 0) is 40.8 Å². The Bertz CT molecular complexity index is 953. The molecule has 0 spiro atoms. The topological polar surface area (TPSA) is 50.2 Å². The third-order valence-electron chi connectivity index (χ3n) is 3.39. The first-order valence-corrected chi connectivity index (χ1v) is 9.56. The molecule has 0 saturated carbocycles. The average Bonchev–Trinajstić information content (AvgIpc) is 3.29. The molecule has 4 heterocycles. The molecule has 0 aliphatic rings. The van der Waals surface area contributed by atoms with E-state index in [9.17, 15) is 0 Å². The standard InChI is InChI=1S/C16H12N4S3/c1-10-13-15(23-14(10)11-4-6-21-8-11)16(18-9-17-13)20-19-7-12-3-2-5-22-12/h2-9H,1H3,(H,17,18,20). The third kappa shape index (κ3) is 2.78. The van der Waals surface area contributed by atoms with Gasteiger partial charge >= 0.3 is 0 Å². The van der Waals surface area contributed by atoms with Gasteiger partial charge in [-0.2, -0.15) is 16.4 Å². The van der Waals surface area contributed by atoms with Crippen molar-refractivity contribution < 1.29 is 0 Å². The largest absolute Gasteiger partial charge is 0.260 e. The second kappa shape index (κ2) is 6.19. The van der Waals surface area contributed by atoms with Gasteiger partial charge in [0.25, 0.3) is 0 Å². The van der Waals surface area contributed by atoms with E-state index < -0.39 is 0 Å². The Labute approximate surface area is 145 Å². The molecular formula is C16H12N4S3. The van der Waals surface area contributed by atoms with Crippen LogP contribution in [0.25, 0.3) is 20.7 Å². The van der Waals surface area contributed by atoms with Crippen LogP contribution in [0.15, 0.2) is 45.8 Å². The first-order valence-electron chi connectivity index (χ1n) is 6.92. The summed E-state index contributed by atoms with van der Waals surface area (Å²) in [5.74, 6) is 0.748. The van der Waals surface area contributed by atoms with Crippen molar-refractivity contribution in [2.75, 3.05) is 5.43 Å². The van der Waals surface area contributed by atoms with E-state index in [1.165, 1.54) is 16.0 Å². The van der Waals surface area contributed by atoms with Crippen molar-refractivity contribution in [1.82, 2.24) is 9.97 Å². The van der Waals surface area contributed by atoms with Crippen LogP contribution in [0.4, 0.5) is 5.82 Å². The first kappa shape index (κ1) is 14.5. The van der Waals surface area contributed by atoms with Crippen molar-refractivity contribution >= 4 is 56.3 Å². The maximum atomic E-state index is 4.44. The second-order valence-corrected chi connectivity index (χ2v) is 7.63. The monoisotopic (exact) mass is 356 g/mol. The predicted molar refractivity (Wildman–Crippen MR) is 101 cm³/mol. The van der Waals surface area contributed by atoms with Crippen LogP contribution in [0, 0.1) is 6.92 Å². The lowest BCUT2D eigenvalue weighted by Gasteiger charge is -1.99. The number of nitrogens with zero attached hydrogens (tertiary/aromatic N) is 3. The Morgan fingerprint density at radius 3 is 2.96 bits per heavy atom.